The third-order valence-corrected chi connectivity index (χ3v) is 7.52. The zero-order chi connectivity index (χ0) is 27.6. The van der Waals surface area contributed by atoms with Crippen molar-refractivity contribution < 1.29 is 14.7 Å². The summed E-state index contributed by atoms with van der Waals surface area (Å²) < 4.78 is 0. The number of aromatic amines is 2. The molecule has 2 amide bonds. The second-order valence-corrected chi connectivity index (χ2v) is 10.3. The van der Waals surface area contributed by atoms with Crippen LogP contribution in [0.25, 0.3) is 0 Å². The number of nitrogens with one attached hydrogen (secondary N) is 2. The van der Waals surface area contributed by atoms with E-state index in [1.165, 1.54) is 0 Å². The molecule has 0 aliphatic heterocycles. The number of carbonyl (C=O) groups is 2. The Kier molecular flexibility index (Phi) is 10.1. The lowest BCUT2D eigenvalue weighted by molar-refractivity contribution is 0.0720. The fourth-order valence-electron chi connectivity index (χ4n) is 5.60. The number of carboxylic acid groups (broad SMARTS) is 1. The smallest absolute Gasteiger partial charge is 0.407 e. The van der Waals surface area contributed by atoms with Crippen LogP contribution in [0.1, 0.15) is 79.9 Å². The molecular formula is C29H41N7O3. The molecule has 2 heterocycles. The standard InChI is InChI=1S/C29H41N7O3/c1-3-17-34(18-4-2)24-9-11-25(12-10-24)36(29(38)39)19-22-5-7-23(8-6-22)28(37)35(20-26-30-13-14-31-26)21-27-32-15-16-33-27/h5-8,13-16,24-25H,3-4,9-12,17-21H2,1-2H3,(H,30,31)(H,32,33)(H,38,39). The van der Waals surface area contributed by atoms with Gasteiger partial charge >= 0.3 is 6.09 Å². The molecule has 1 aliphatic carbocycles. The van der Waals surface area contributed by atoms with Gasteiger partial charge in [-0.1, -0.05) is 26.0 Å². The summed E-state index contributed by atoms with van der Waals surface area (Å²) in [5.74, 6) is 1.23. The Hall–Kier alpha value is -3.66. The van der Waals surface area contributed by atoms with Gasteiger partial charge in [0.1, 0.15) is 11.6 Å². The topological polar surface area (TPSA) is 121 Å². The van der Waals surface area contributed by atoms with Crippen LogP contribution in [0.2, 0.25) is 0 Å². The Morgan fingerprint density at radius 2 is 1.38 bits per heavy atom. The Bertz CT molecular complexity index is 1100. The van der Waals surface area contributed by atoms with E-state index in [0.717, 1.165) is 57.2 Å². The van der Waals surface area contributed by atoms with Gasteiger partial charge in [-0.2, -0.15) is 0 Å². The van der Waals surface area contributed by atoms with E-state index in [9.17, 15) is 14.7 Å². The van der Waals surface area contributed by atoms with E-state index in [4.69, 9.17) is 0 Å². The fraction of sp³-hybridized carbons (Fsp3) is 0.517. The Morgan fingerprint density at radius 1 is 0.846 bits per heavy atom. The van der Waals surface area contributed by atoms with Crippen molar-refractivity contribution in [1.82, 2.24) is 34.6 Å². The molecule has 0 bridgehead atoms. The molecule has 1 aliphatic rings. The quantitative estimate of drug-likeness (QED) is 0.287. The maximum atomic E-state index is 13.4. The van der Waals surface area contributed by atoms with Crippen molar-refractivity contribution in [3.05, 3.63) is 71.8 Å². The van der Waals surface area contributed by atoms with E-state index in [-0.39, 0.29) is 11.9 Å². The van der Waals surface area contributed by atoms with Crippen molar-refractivity contribution >= 4 is 12.0 Å². The highest BCUT2D eigenvalue weighted by atomic mass is 16.4. The van der Waals surface area contributed by atoms with Crippen LogP contribution >= 0.6 is 0 Å². The summed E-state index contributed by atoms with van der Waals surface area (Å²) >= 11 is 0. The van der Waals surface area contributed by atoms with Crippen molar-refractivity contribution in [2.75, 3.05) is 13.1 Å². The molecule has 4 rings (SSSR count). The molecule has 1 aromatic carbocycles. The molecule has 2 aromatic heterocycles. The lowest BCUT2D eigenvalue weighted by Crippen LogP contribution is -2.46. The number of amides is 2. The zero-order valence-corrected chi connectivity index (χ0v) is 23.1. The number of hydrogen-bond donors (Lipinski definition) is 3. The molecule has 3 N–H and O–H groups in total. The van der Waals surface area contributed by atoms with Crippen LogP contribution in [0.4, 0.5) is 4.79 Å². The second-order valence-electron chi connectivity index (χ2n) is 10.3. The molecule has 10 heteroatoms. The molecule has 10 nitrogen and oxygen atoms in total. The summed E-state index contributed by atoms with van der Waals surface area (Å²) in [4.78, 5) is 46.1. The number of nitrogens with zero attached hydrogens (tertiary/aromatic N) is 5. The summed E-state index contributed by atoms with van der Waals surface area (Å²) in [6.07, 6.45) is 12.0. The van der Waals surface area contributed by atoms with Crippen LogP contribution < -0.4 is 0 Å². The normalized spacial score (nSPS) is 17.3. The van der Waals surface area contributed by atoms with Crippen molar-refractivity contribution in [1.29, 1.82) is 0 Å². The average molecular weight is 536 g/mol. The highest BCUT2D eigenvalue weighted by Gasteiger charge is 2.31. The van der Waals surface area contributed by atoms with Crippen molar-refractivity contribution in [2.24, 2.45) is 0 Å². The molecule has 39 heavy (non-hydrogen) atoms. The van der Waals surface area contributed by atoms with Gasteiger partial charge < -0.3 is 29.8 Å². The predicted octanol–water partition coefficient (Wildman–Crippen LogP) is 4.89. The summed E-state index contributed by atoms with van der Waals surface area (Å²) in [5, 5.41) is 10.0. The lowest BCUT2D eigenvalue weighted by Gasteiger charge is -2.40. The minimum absolute atomic E-state index is 0.0160. The van der Waals surface area contributed by atoms with Crippen molar-refractivity contribution in [3.8, 4) is 0 Å². The maximum absolute atomic E-state index is 13.4. The van der Waals surface area contributed by atoms with Gasteiger partial charge in [0.15, 0.2) is 0 Å². The molecule has 1 fully saturated rings. The number of imidazole rings is 2. The molecule has 0 radical (unpaired) electrons. The van der Waals surface area contributed by atoms with Gasteiger partial charge in [0.2, 0.25) is 0 Å². The average Bonchev–Trinajstić information content (AvgIpc) is 3.66. The van der Waals surface area contributed by atoms with Crippen LogP contribution in [0, 0.1) is 0 Å². The molecule has 210 valence electrons. The van der Waals surface area contributed by atoms with Gasteiger partial charge in [-0.25, -0.2) is 14.8 Å². The first-order chi connectivity index (χ1) is 19.0. The molecule has 1 saturated carbocycles. The minimum Gasteiger partial charge on any atom is -0.465 e. The first kappa shape index (κ1) is 28.4. The minimum atomic E-state index is -0.888. The maximum Gasteiger partial charge on any atom is 0.407 e. The number of rotatable bonds is 13. The third kappa shape index (κ3) is 7.69. The molecule has 0 spiro atoms. The van der Waals surface area contributed by atoms with Gasteiger partial charge in [0.05, 0.1) is 13.1 Å². The SMILES string of the molecule is CCCN(CCC)C1CCC(N(Cc2ccc(C(=O)N(Cc3ncc[nH]3)Cc3ncc[nH]3)cc2)C(=O)O)CC1. The molecular weight excluding hydrogens is 494 g/mol. The van der Waals surface area contributed by atoms with Crippen LogP contribution in [-0.4, -0.2) is 76.9 Å². The first-order valence-electron chi connectivity index (χ1n) is 14.1. The van der Waals surface area contributed by atoms with Crippen LogP contribution in [-0.2, 0) is 19.6 Å². The van der Waals surface area contributed by atoms with E-state index < -0.39 is 6.09 Å². The highest BCUT2D eigenvalue weighted by molar-refractivity contribution is 5.94. The third-order valence-electron chi connectivity index (χ3n) is 7.52. The number of hydrogen-bond acceptors (Lipinski definition) is 5. The van der Waals surface area contributed by atoms with E-state index in [2.05, 4.69) is 38.7 Å². The number of aromatic nitrogens is 4. The summed E-state index contributed by atoms with van der Waals surface area (Å²) in [6.45, 7) is 7.60. The lowest BCUT2D eigenvalue weighted by atomic mass is 9.88. The van der Waals surface area contributed by atoms with Gasteiger partial charge in [-0.3, -0.25) is 4.79 Å². The van der Waals surface area contributed by atoms with Crippen LogP contribution in [0.5, 0.6) is 0 Å². The highest BCUT2D eigenvalue weighted by Crippen LogP contribution is 2.28. The van der Waals surface area contributed by atoms with Gasteiger partial charge in [-0.05, 0) is 69.3 Å². The summed E-state index contributed by atoms with van der Waals surface area (Å²) in [7, 11) is 0. The number of benzene rings is 1. The second kappa shape index (κ2) is 13.9. The van der Waals surface area contributed by atoms with E-state index >= 15 is 0 Å². The Labute approximate surface area is 230 Å². The summed E-state index contributed by atoms with van der Waals surface area (Å²) in [5.41, 5.74) is 1.41. The first-order valence-corrected chi connectivity index (χ1v) is 14.1. The van der Waals surface area contributed by atoms with E-state index in [1.807, 2.05) is 12.1 Å². The van der Waals surface area contributed by atoms with E-state index in [0.29, 0.717) is 42.9 Å². The molecule has 0 atom stereocenters. The fourth-order valence-corrected chi connectivity index (χ4v) is 5.60. The Balaban J connectivity index is 1.39. The van der Waals surface area contributed by atoms with Gasteiger partial charge in [-0.15, -0.1) is 0 Å². The zero-order valence-electron chi connectivity index (χ0n) is 23.1. The largest absolute Gasteiger partial charge is 0.465 e. The number of carbonyl (C=O) groups excluding carboxylic acids is 1. The van der Waals surface area contributed by atoms with Crippen molar-refractivity contribution in [2.45, 2.75) is 84.1 Å². The number of H-pyrrole nitrogens is 2. The van der Waals surface area contributed by atoms with Gasteiger partial charge in [0.25, 0.3) is 5.91 Å². The molecule has 3 aromatic rings. The van der Waals surface area contributed by atoms with Crippen LogP contribution in [0.3, 0.4) is 0 Å². The predicted molar refractivity (Wildman–Crippen MR) is 149 cm³/mol. The monoisotopic (exact) mass is 535 g/mol. The van der Waals surface area contributed by atoms with Gasteiger partial charge in [0, 0.05) is 49.0 Å². The van der Waals surface area contributed by atoms with Crippen molar-refractivity contribution in [3.63, 3.8) is 0 Å². The summed E-state index contributed by atoms with van der Waals surface area (Å²) in [6, 6.07) is 7.83. The van der Waals surface area contributed by atoms with Crippen LogP contribution in [0.15, 0.2) is 49.1 Å². The Morgan fingerprint density at radius 3 is 1.85 bits per heavy atom. The van der Waals surface area contributed by atoms with E-state index in [1.54, 1.807) is 46.7 Å². The molecule has 0 unspecified atom stereocenters. The molecule has 0 saturated heterocycles.